The average Bonchev–Trinajstić information content (AvgIpc) is 3.05. The van der Waals surface area contributed by atoms with Crippen molar-refractivity contribution in [2.75, 3.05) is 12.9 Å². The van der Waals surface area contributed by atoms with Gasteiger partial charge in [-0.15, -0.1) is 11.3 Å². The molecule has 134 valence electrons. The van der Waals surface area contributed by atoms with E-state index in [2.05, 4.69) is 31.4 Å². The Morgan fingerprint density at radius 1 is 1.46 bits per heavy atom. The number of rotatable bonds is 6. The van der Waals surface area contributed by atoms with Crippen molar-refractivity contribution in [3.05, 3.63) is 46.4 Å². The molecule has 6 nitrogen and oxygen atoms in total. The summed E-state index contributed by atoms with van der Waals surface area (Å²) in [6.45, 7) is 0. The van der Waals surface area contributed by atoms with Gasteiger partial charge >= 0.3 is 0 Å². The number of benzene rings is 2. The summed E-state index contributed by atoms with van der Waals surface area (Å²) in [5.74, 6) is 0.328. The molecule has 2 aromatic carbocycles. The third kappa shape index (κ3) is 4.54. The third-order valence-corrected chi connectivity index (χ3v) is 6.06. The number of thiazole rings is 1. The molecule has 9 heteroatoms. The lowest BCUT2D eigenvalue weighted by Crippen LogP contribution is -2.19. The van der Waals surface area contributed by atoms with Gasteiger partial charge in [-0.1, -0.05) is 23.9 Å². The molecule has 0 unspecified atom stereocenters. The van der Waals surface area contributed by atoms with Gasteiger partial charge in [0.25, 0.3) is 5.91 Å². The molecular formula is C17H14BrN3O3S2. The number of phenolic OH excluding ortho intramolecular Hbond substituents is 1. The SMILES string of the molecule is COc1cc(/C=N/NC(=O)CSc2nc3ccccc3s2)cc(Br)c1O. The highest BCUT2D eigenvalue weighted by molar-refractivity contribution is 9.10. The first-order valence-electron chi connectivity index (χ1n) is 7.43. The maximum Gasteiger partial charge on any atom is 0.250 e. The van der Waals surface area contributed by atoms with E-state index in [4.69, 9.17) is 4.74 Å². The van der Waals surface area contributed by atoms with Crippen molar-refractivity contribution in [2.45, 2.75) is 4.34 Å². The number of aromatic nitrogens is 1. The van der Waals surface area contributed by atoms with Gasteiger partial charge in [0.2, 0.25) is 0 Å². The summed E-state index contributed by atoms with van der Waals surface area (Å²) >= 11 is 6.17. The zero-order chi connectivity index (χ0) is 18.5. The average molecular weight is 452 g/mol. The van der Waals surface area contributed by atoms with E-state index >= 15 is 0 Å². The van der Waals surface area contributed by atoms with Gasteiger partial charge in [-0.2, -0.15) is 5.10 Å². The Kier molecular flexibility index (Phi) is 6.12. The van der Waals surface area contributed by atoms with Gasteiger partial charge in [0.1, 0.15) is 0 Å². The highest BCUT2D eigenvalue weighted by Gasteiger charge is 2.08. The van der Waals surface area contributed by atoms with Gasteiger partial charge in [0.05, 0.1) is 33.8 Å². The maximum atomic E-state index is 11.9. The van der Waals surface area contributed by atoms with E-state index in [1.807, 2.05) is 24.3 Å². The molecular weight excluding hydrogens is 438 g/mol. The van der Waals surface area contributed by atoms with Gasteiger partial charge in [0.15, 0.2) is 15.8 Å². The van der Waals surface area contributed by atoms with E-state index < -0.39 is 0 Å². The van der Waals surface area contributed by atoms with Crippen LogP contribution in [0.25, 0.3) is 10.2 Å². The number of phenols is 1. The first-order chi connectivity index (χ1) is 12.6. The van der Waals surface area contributed by atoms with Crippen LogP contribution in [-0.4, -0.2) is 35.1 Å². The molecule has 0 aliphatic carbocycles. The van der Waals surface area contributed by atoms with Gasteiger partial charge in [-0.3, -0.25) is 4.79 Å². The Balaban J connectivity index is 1.55. The molecule has 1 amide bonds. The molecule has 0 saturated carbocycles. The molecule has 0 spiro atoms. The second-order valence-electron chi connectivity index (χ2n) is 5.08. The largest absolute Gasteiger partial charge is 0.503 e. The number of halogens is 1. The minimum atomic E-state index is -0.227. The summed E-state index contributed by atoms with van der Waals surface area (Å²) in [7, 11) is 1.46. The van der Waals surface area contributed by atoms with Crippen LogP contribution < -0.4 is 10.2 Å². The molecule has 26 heavy (non-hydrogen) atoms. The molecule has 0 fully saturated rings. The molecule has 3 aromatic rings. The summed E-state index contributed by atoms with van der Waals surface area (Å²) in [4.78, 5) is 16.4. The highest BCUT2D eigenvalue weighted by atomic mass is 79.9. The fraction of sp³-hybridized carbons (Fsp3) is 0.118. The molecule has 0 atom stereocenters. The van der Waals surface area contributed by atoms with Crippen molar-refractivity contribution in [1.82, 2.24) is 10.4 Å². The zero-order valence-corrected chi connectivity index (χ0v) is 16.8. The fourth-order valence-corrected chi connectivity index (χ4v) is 4.40. The highest BCUT2D eigenvalue weighted by Crippen LogP contribution is 2.34. The van der Waals surface area contributed by atoms with Crippen molar-refractivity contribution < 1.29 is 14.6 Å². The van der Waals surface area contributed by atoms with Gasteiger partial charge in [-0.25, -0.2) is 10.4 Å². The Labute approximate surface area is 166 Å². The Morgan fingerprint density at radius 2 is 2.27 bits per heavy atom. The number of para-hydroxylation sites is 1. The Morgan fingerprint density at radius 3 is 3.04 bits per heavy atom. The van der Waals surface area contributed by atoms with Gasteiger partial charge in [-0.05, 0) is 45.8 Å². The molecule has 2 N–H and O–H groups in total. The lowest BCUT2D eigenvalue weighted by atomic mass is 10.2. The number of hydrogen-bond donors (Lipinski definition) is 2. The number of methoxy groups -OCH3 is 1. The van der Waals surface area contributed by atoms with Crippen LogP contribution in [0.15, 0.2) is 50.3 Å². The lowest BCUT2D eigenvalue weighted by Gasteiger charge is -2.06. The number of thioether (sulfide) groups is 1. The number of ether oxygens (including phenoxy) is 1. The molecule has 3 rings (SSSR count). The fourth-order valence-electron chi connectivity index (χ4n) is 2.08. The smallest absolute Gasteiger partial charge is 0.250 e. The summed E-state index contributed by atoms with van der Waals surface area (Å²) in [6, 6.07) is 11.1. The van der Waals surface area contributed by atoms with Crippen molar-refractivity contribution in [2.24, 2.45) is 5.10 Å². The second kappa shape index (κ2) is 8.52. The van der Waals surface area contributed by atoms with Crippen LogP contribution in [-0.2, 0) is 4.79 Å². The second-order valence-corrected chi connectivity index (χ2v) is 8.19. The predicted octanol–water partition coefficient (Wildman–Crippen LogP) is 4.02. The monoisotopic (exact) mass is 451 g/mol. The van der Waals surface area contributed by atoms with Crippen LogP contribution in [0, 0.1) is 0 Å². The normalized spacial score (nSPS) is 11.2. The number of hydrogen-bond acceptors (Lipinski definition) is 7. The molecule has 0 bridgehead atoms. The third-order valence-electron chi connectivity index (χ3n) is 3.27. The van der Waals surface area contributed by atoms with Crippen LogP contribution in [0.1, 0.15) is 5.56 Å². The van der Waals surface area contributed by atoms with Gasteiger partial charge in [0, 0.05) is 0 Å². The molecule has 0 radical (unpaired) electrons. The number of carbonyl (C=O) groups excluding carboxylic acids is 1. The number of fused-ring (bicyclic) bond motifs is 1. The standard InChI is InChI=1S/C17H14BrN3O3S2/c1-24-13-7-10(6-11(18)16(13)23)8-19-21-15(22)9-25-17-20-12-4-2-3-5-14(12)26-17/h2-8,23H,9H2,1H3,(H,21,22)/b19-8+. The summed E-state index contributed by atoms with van der Waals surface area (Å²) < 4.78 is 7.49. The van der Waals surface area contributed by atoms with Crippen molar-refractivity contribution in [3.8, 4) is 11.5 Å². The zero-order valence-electron chi connectivity index (χ0n) is 13.6. The number of hydrazone groups is 1. The quantitative estimate of drug-likeness (QED) is 0.336. The van der Waals surface area contributed by atoms with Crippen LogP contribution in [0.4, 0.5) is 0 Å². The Hall–Kier alpha value is -2.10. The van der Waals surface area contributed by atoms with E-state index in [-0.39, 0.29) is 17.4 Å². The minimum absolute atomic E-state index is 0.0147. The van der Waals surface area contributed by atoms with Crippen LogP contribution in [0.5, 0.6) is 11.5 Å². The first kappa shape index (κ1) is 18.7. The maximum absolute atomic E-state index is 11.9. The Bertz CT molecular complexity index is 942. The first-order valence-corrected chi connectivity index (χ1v) is 10.0. The summed E-state index contributed by atoms with van der Waals surface area (Å²) in [5.41, 5.74) is 4.08. The van der Waals surface area contributed by atoms with E-state index in [0.717, 1.165) is 14.6 Å². The topological polar surface area (TPSA) is 83.8 Å². The number of amides is 1. The minimum Gasteiger partial charge on any atom is -0.503 e. The molecule has 0 aliphatic heterocycles. The van der Waals surface area contributed by atoms with Crippen molar-refractivity contribution in [3.63, 3.8) is 0 Å². The van der Waals surface area contributed by atoms with Crippen LogP contribution in [0.2, 0.25) is 0 Å². The van der Waals surface area contributed by atoms with E-state index in [1.54, 1.807) is 23.5 Å². The number of nitrogens with one attached hydrogen (secondary N) is 1. The number of carbonyl (C=O) groups is 1. The summed E-state index contributed by atoms with van der Waals surface area (Å²) in [6.07, 6.45) is 1.48. The lowest BCUT2D eigenvalue weighted by molar-refractivity contribution is -0.118. The van der Waals surface area contributed by atoms with Gasteiger partial charge < -0.3 is 9.84 Å². The number of nitrogens with zero attached hydrogens (tertiary/aromatic N) is 2. The van der Waals surface area contributed by atoms with E-state index in [0.29, 0.717) is 15.8 Å². The van der Waals surface area contributed by atoms with E-state index in [1.165, 1.54) is 25.1 Å². The molecule has 0 aliphatic rings. The molecule has 1 heterocycles. The van der Waals surface area contributed by atoms with Crippen LogP contribution in [0.3, 0.4) is 0 Å². The van der Waals surface area contributed by atoms with Crippen LogP contribution >= 0.6 is 39.0 Å². The summed E-state index contributed by atoms with van der Waals surface area (Å²) in [5, 5.41) is 13.7. The van der Waals surface area contributed by atoms with Crippen molar-refractivity contribution >= 4 is 61.4 Å². The molecule has 1 aromatic heterocycles. The number of aromatic hydroxyl groups is 1. The van der Waals surface area contributed by atoms with E-state index in [9.17, 15) is 9.90 Å². The van der Waals surface area contributed by atoms with Crippen molar-refractivity contribution in [1.29, 1.82) is 0 Å². The molecule has 0 saturated heterocycles. The predicted molar refractivity (Wildman–Crippen MR) is 108 cm³/mol.